The second kappa shape index (κ2) is 5.25. The molecule has 0 unspecified atom stereocenters. The Bertz CT molecular complexity index is 458. The summed E-state index contributed by atoms with van der Waals surface area (Å²) < 4.78 is 37.1. The van der Waals surface area contributed by atoms with Gasteiger partial charge in [-0.2, -0.15) is 13.2 Å². The third kappa shape index (κ3) is 3.61. The van der Waals surface area contributed by atoms with E-state index < -0.39 is 11.7 Å². The number of carbonyl (C=O) groups is 1. The van der Waals surface area contributed by atoms with Crippen LogP contribution in [0, 0.1) is 0 Å². The van der Waals surface area contributed by atoms with Crippen molar-refractivity contribution in [2.24, 2.45) is 0 Å². The minimum absolute atomic E-state index is 0.201. The molecule has 0 aliphatic heterocycles. The number of nitrogens with zero attached hydrogens (tertiary/aromatic N) is 1. The van der Waals surface area contributed by atoms with E-state index in [-0.39, 0.29) is 5.91 Å². The van der Waals surface area contributed by atoms with Crippen LogP contribution in [0.2, 0.25) is 0 Å². The maximum absolute atomic E-state index is 12.4. The van der Waals surface area contributed by atoms with Crippen molar-refractivity contribution in [1.29, 1.82) is 0 Å². The van der Waals surface area contributed by atoms with Crippen molar-refractivity contribution in [2.75, 3.05) is 14.1 Å². The topological polar surface area (TPSA) is 20.3 Å². The Hall–Kier alpha value is -1.78. The maximum Gasteiger partial charge on any atom is 0.416 e. The molecule has 0 saturated carbocycles. The Labute approximate surface area is 104 Å². The Morgan fingerprint density at radius 2 is 1.67 bits per heavy atom. The second-order valence-corrected chi connectivity index (χ2v) is 4.14. The highest BCUT2D eigenvalue weighted by Gasteiger charge is 2.29. The summed E-state index contributed by atoms with van der Waals surface area (Å²) in [6, 6.07) is 4.73. The number of likely N-dealkylation sites (N-methyl/N-ethyl adjacent to an activating group) is 1. The van der Waals surface area contributed by atoms with Crippen LogP contribution in [0.3, 0.4) is 0 Å². The molecule has 2 nitrogen and oxygen atoms in total. The molecule has 1 rings (SSSR count). The zero-order valence-corrected chi connectivity index (χ0v) is 10.4. The summed E-state index contributed by atoms with van der Waals surface area (Å²) in [6.07, 6.45) is -2.95. The van der Waals surface area contributed by atoms with E-state index in [0.29, 0.717) is 11.1 Å². The van der Waals surface area contributed by atoms with Gasteiger partial charge in [0.05, 0.1) is 5.56 Å². The zero-order valence-electron chi connectivity index (χ0n) is 10.4. The monoisotopic (exact) mass is 257 g/mol. The molecule has 18 heavy (non-hydrogen) atoms. The van der Waals surface area contributed by atoms with Crippen LogP contribution in [0.1, 0.15) is 18.1 Å². The van der Waals surface area contributed by atoms with Crippen molar-refractivity contribution in [3.63, 3.8) is 0 Å². The van der Waals surface area contributed by atoms with Gasteiger partial charge in [-0.3, -0.25) is 4.79 Å². The van der Waals surface area contributed by atoms with Crippen molar-refractivity contribution >= 4 is 11.5 Å². The molecule has 1 aromatic carbocycles. The number of allylic oxidation sites excluding steroid dienone is 1. The van der Waals surface area contributed by atoms with Gasteiger partial charge >= 0.3 is 6.18 Å². The maximum atomic E-state index is 12.4. The summed E-state index contributed by atoms with van der Waals surface area (Å²) in [7, 11) is 3.22. The predicted molar refractivity (Wildman–Crippen MR) is 63.8 cm³/mol. The second-order valence-electron chi connectivity index (χ2n) is 4.14. The first-order chi connectivity index (χ1) is 8.21. The Morgan fingerprint density at radius 1 is 1.17 bits per heavy atom. The molecule has 0 N–H and O–H groups in total. The van der Waals surface area contributed by atoms with Gasteiger partial charge in [0.25, 0.3) is 0 Å². The minimum atomic E-state index is -4.34. The molecule has 1 amide bonds. The standard InChI is InChI=1S/C13H14F3NO/c1-9(8-12(18)17(2)3)10-4-6-11(7-5-10)13(14,15)16/h4-8H,1-3H3. The van der Waals surface area contributed by atoms with Gasteiger partial charge in [0, 0.05) is 20.2 Å². The van der Waals surface area contributed by atoms with E-state index in [9.17, 15) is 18.0 Å². The van der Waals surface area contributed by atoms with Gasteiger partial charge in [0.1, 0.15) is 0 Å². The van der Waals surface area contributed by atoms with Gasteiger partial charge in [-0.05, 0) is 30.2 Å². The van der Waals surface area contributed by atoms with Gasteiger partial charge in [-0.15, -0.1) is 0 Å². The first-order valence-electron chi connectivity index (χ1n) is 5.29. The summed E-state index contributed by atoms with van der Waals surface area (Å²) in [5, 5.41) is 0. The van der Waals surface area contributed by atoms with E-state index >= 15 is 0 Å². The molecule has 0 aliphatic carbocycles. The number of halogens is 3. The van der Waals surface area contributed by atoms with Crippen LogP contribution in [0.4, 0.5) is 13.2 Å². The normalized spacial score (nSPS) is 12.4. The fraction of sp³-hybridized carbons (Fsp3) is 0.308. The van der Waals surface area contributed by atoms with Crippen molar-refractivity contribution in [2.45, 2.75) is 13.1 Å². The Kier molecular flexibility index (Phi) is 4.16. The van der Waals surface area contributed by atoms with Crippen molar-refractivity contribution in [3.8, 4) is 0 Å². The SMILES string of the molecule is CC(=CC(=O)N(C)C)c1ccc(C(F)(F)F)cc1. The molecule has 0 aliphatic rings. The molecule has 0 spiro atoms. The van der Waals surface area contributed by atoms with E-state index in [1.165, 1.54) is 23.1 Å². The van der Waals surface area contributed by atoms with E-state index in [1.807, 2.05) is 0 Å². The molecule has 0 aromatic heterocycles. The molecule has 5 heteroatoms. The molecule has 0 atom stereocenters. The Morgan fingerprint density at radius 3 is 2.06 bits per heavy atom. The van der Waals surface area contributed by atoms with Gasteiger partial charge in [0.2, 0.25) is 5.91 Å². The first kappa shape index (κ1) is 14.3. The lowest BCUT2D eigenvalue weighted by atomic mass is 10.0. The fourth-order valence-electron chi connectivity index (χ4n) is 1.32. The number of hydrogen-bond donors (Lipinski definition) is 0. The largest absolute Gasteiger partial charge is 0.416 e. The van der Waals surface area contributed by atoms with Crippen LogP contribution < -0.4 is 0 Å². The van der Waals surface area contributed by atoms with Crippen LogP contribution in [-0.4, -0.2) is 24.9 Å². The molecule has 0 fully saturated rings. The summed E-state index contributed by atoms with van der Waals surface area (Å²) in [5.74, 6) is -0.201. The van der Waals surface area contributed by atoms with E-state index in [0.717, 1.165) is 12.1 Å². The molecule has 98 valence electrons. The van der Waals surface area contributed by atoms with Crippen molar-refractivity contribution in [3.05, 3.63) is 41.5 Å². The molecule has 0 bridgehead atoms. The van der Waals surface area contributed by atoms with E-state index in [4.69, 9.17) is 0 Å². The highest BCUT2D eigenvalue weighted by molar-refractivity contribution is 5.94. The number of alkyl halides is 3. The van der Waals surface area contributed by atoms with Crippen LogP contribution in [0.25, 0.3) is 5.57 Å². The van der Waals surface area contributed by atoms with Gasteiger partial charge in [-0.1, -0.05) is 12.1 Å². The third-order valence-electron chi connectivity index (χ3n) is 2.45. The number of amides is 1. The number of rotatable bonds is 2. The van der Waals surface area contributed by atoms with Crippen molar-refractivity contribution in [1.82, 2.24) is 4.90 Å². The minimum Gasteiger partial charge on any atom is -0.345 e. The number of benzene rings is 1. The highest BCUT2D eigenvalue weighted by Crippen LogP contribution is 2.29. The van der Waals surface area contributed by atoms with Gasteiger partial charge < -0.3 is 4.90 Å². The molecular formula is C13H14F3NO. The average molecular weight is 257 g/mol. The highest BCUT2D eigenvalue weighted by atomic mass is 19.4. The van der Waals surface area contributed by atoms with E-state index in [1.54, 1.807) is 21.0 Å². The Balaban J connectivity index is 2.96. The molecule has 0 saturated heterocycles. The summed E-state index contributed by atoms with van der Waals surface area (Å²) in [5.41, 5.74) is 0.526. The van der Waals surface area contributed by atoms with Gasteiger partial charge in [0.15, 0.2) is 0 Å². The average Bonchev–Trinajstić information content (AvgIpc) is 2.27. The summed E-state index contributed by atoms with van der Waals surface area (Å²) in [6.45, 7) is 1.68. The summed E-state index contributed by atoms with van der Waals surface area (Å²) in [4.78, 5) is 12.8. The van der Waals surface area contributed by atoms with Crippen LogP contribution >= 0.6 is 0 Å². The number of hydrogen-bond acceptors (Lipinski definition) is 1. The lowest BCUT2D eigenvalue weighted by Gasteiger charge is -2.09. The lowest BCUT2D eigenvalue weighted by molar-refractivity contribution is -0.137. The number of carbonyl (C=O) groups excluding carboxylic acids is 1. The molecular weight excluding hydrogens is 243 g/mol. The molecule has 1 aromatic rings. The predicted octanol–water partition coefficient (Wildman–Crippen LogP) is 3.20. The molecule has 0 radical (unpaired) electrons. The van der Waals surface area contributed by atoms with Crippen LogP contribution in [0.5, 0.6) is 0 Å². The van der Waals surface area contributed by atoms with Crippen LogP contribution in [0.15, 0.2) is 30.3 Å². The van der Waals surface area contributed by atoms with Crippen molar-refractivity contribution < 1.29 is 18.0 Å². The summed E-state index contributed by atoms with van der Waals surface area (Å²) >= 11 is 0. The third-order valence-corrected chi connectivity index (χ3v) is 2.45. The quantitative estimate of drug-likeness (QED) is 0.745. The smallest absolute Gasteiger partial charge is 0.345 e. The first-order valence-corrected chi connectivity index (χ1v) is 5.29. The van der Waals surface area contributed by atoms with Gasteiger partial charge in [-0.25, -0.2) is 0 Å². The zero-order chi connectivity index (χ0) is 13.9. The van der Waals surface area contributed by atoms with E-state index in [2.05, 4.69) is 0 Å². The van der Waals surface area contributed by atoms with Crippen LogP contribution in [-0.2, 0) is 11.0 Å². The molecule has 0 heterocycles. The lowest BCUT2D eigenvalue weighted by Crippen LogP contribution is -2.19. The fourth-order valence-corrected chi connectivity index (χ4v) is 1.32.